The summed E-state index contributed by atoms with van der Waals surface area (Å²) in [5.41, 5.74) is 1.98. The summed E-state index contributed by atoms with van der Waals surface area (Å²) >= 11 is 1.34. The fourth-order valence-corrected chi connectivity index (χ4v) is 4.81. The first-order valence-electron chi connectivity index (χ1n) is 13.7. The van der Waals surface area contributed by atoms with Crippen molar-refractivity contribution >= 4 is 46.9 Å². The summed E-state index contributed by atoms with van der Waals surface area (Å²) in [6, 6.07) is 25.9. The first-order chi connectivity index (χ1) is 21.8. The van der Waals surface area contributed by atoms with E-state index in [1.807, 2.05) is 0 Å². The molecule has 0 bridgehead atoms. The van der Waals surface area contributed by atoms with Gasteiger partial charge in [0.1, 0.15) is 28.7 Å². The summed E-state index contributed by atoms with van der Waals surface area (Å²) in [7, 11) is 6.13. The zero-order valence-electron chi connectivity index (χ0n) is 25.2. The van der Waals surface area contributed by atoms with E-state index in [9.17, 15) is 14.4 Å². The molecule has 232 valence electrons. The molecule has 0 fully saturated rings. The maximum absolute atomic E-state index is 13.5. The van der Waals surface area contributed by atoms with E-state index in [1.54, 1.807) is 91.0 Å². The number of amides is 3. The predicted molar refractivity (Wildman–Crippen MR) is 175 cm³/mol. The number of hydrogen-bond acceptors (Lipinski definition) is 8. The van der Waals surface area contributed by atoms with Gasteiger partial charge in [0.25, 0.3) is 11.8 Å². The number of rotatable bonds is 13. The average molecular weight is 628 g/mol. The third-order valence-corrected chi connectivity index (χ3v) is 7.39. The number of ether oxygens (including phenoxy) is 4. The summed E-state index contributed by atoms with van der Waals surface area (Å²) in [6.45, 7) is 0. The van der Waals surface area contributed by atoms with Crippen LogP contribution in [0.1, 0.15) is 15.9 Å². The topological polar surface area (TPSA) is 124 Å². The summed E-state index contributed by atoms with van der Waals surface area (Å²) in [5, 5.41) is 8.38. The molecule has 0 aliphatic heterocycles. The molecule has 45 heavy (non-hydrogen) atoms. The zero-order valence-corrected chi connectivity index (χ0v) is 26.0. The lowest BCUT2D eigenvalue weighted by molar-refractivity contribution is -0.114. The van der Waals surface area contributed by atoms with Crippen LogP contribution in [0.25, 0.3) is 6.08 Å². The van der Waals surface area contributed by atoms with Gasteiger partial charge in [0, 0.05) is 45.6 Å². The molecular formula is C34H33N3O7S. The Morgan fingerprint density at radius 1 is 0.689 bits per heavy atom. The van der Waals surface area contributed by atoms with E-state index in [4.69, 9.17) is 18.9 Å². The molecule has 0 unspecified atom stereocenters. The molecular weight excluding hydrogens is 594 g/mol. The second-order valence-corrected chi connectivity index (χ2v) is 10.5. The number of thioether (sulfide) groups is 1. The minimum Gasteiger partial charge on any atom is -0.497 e. The Kier molecular flexibility index (Phi) is 11.5. The van der Waals surface area contributed by atoms with Gasteiger partial charge >= 0.3 is 0 Å². The summed E-state index contributed by atoms with van der Waals surface area (Å²) in [6.07, 6.45) is 1.53. The lowest BCUT2D eigenvalue weighted by Gasteiger charge is -2.13. The van der Waals surface area contributed by atoms with Crippen LogP contribution < -0.4 is 34.9 Å². The van der Waals surface area contributed by atoms with Crippen LogP contribution in [-0.4, -0.2) is 51.9 Å². The highest BCUT2D eigenvalue weighted by Gasteiger charge is 2.17. The van der Waals surface area contributed by atoms with E-state index < -0.39 is 11.8 Å². The first kappa shape index (κ1) is 32.5. The van der Waals surface area contributed by atoms with Crippen molar-refractivity contribution in [3.8, 4) is 23.0 Å². The lowest BCUT2D eigenvalue weighted by atomic mass is 10.1. The van der Waals surface area contributed by atoms with E-state index >= 15 is 0 Å². The van der Waals surface area contributed by atoms with Crippen LogP contribution in [0.5, 0.6) is 23.0 Å². The monoisotopic (exact) mass is 627 g/mol. The van der Waals surface area contributed by atoms with Gasteiger partial charge in [-0.2, -0.15) is 0 Å². The standard InChI is InChI=1S/C34H33N3O7S/c1-41-26-12-15-31(44-4)23(16-26)17-30(37-33(39)22-8-6-5-7-9-22)34(40)36-24-10-13-29(14-11-24)45-21-32(38)35-25-18-27(42-2)20-28(19-25)43-3/h5-20H,21H2,1-4H3,(H,35,38)(H,36,40)(H,37,39)/b30-17-. The van der Waals surface area contributed by atoms with Crippen LogP contribution in [0.3, 0.4) is 0 Å². The summed E-state index contributed by atoms with van der Waals surface area (Å²) in [5.74, 6) is 1.14. The molecule has 0 saturated carbocycles. The van der Waals surface area contributed by atoms with Crippen molar-refractivity contribution < 1.29 is 33.3 Å². The SMILES string of the molecule is COc1cc(NC(=O)CSc2ccc(NC(=O)/C(=C/c3cc(OC)ccc3OC)NC(=O)c3ccccc3)cc2)cc(OC)c1. The quantitative estimate of drug-likeness (QED) is 0.124. The number of methoxy groups -OCH3 is 4. The van der Waals surface area contributed by atoms with Gasteiger partial charge in [0.05, 0.1) is 34.2 Å². The second kappa shape index (κ2) is 15.9. The molecule has 0 saturated heterocycles. The smallest absolute Gasteiger partial charge is 0.272 e. The fourth-order valence-electron chi connectivity index (χ4n) is 4.11. The first-order valence-corrected chi connectivity index (χ1v) is 14.7. The molecule has 0 aromatic heterocycles. The van der Waals surface area contributed by atoms with Gasteiger partial charge in [0.15, 0.2) is 0 Å². The van der Waals surface area contributed by atoms with E-state index in [1.165, 1.54) is 46.3 Å². The molecule has 0 spiro atoms. The number of carbonyl (C=O) groups excluding carboxylic acids is 3. The van der Waals surface area contributed by atoms with Gasteiger partial charge in [-0.1, -0.05) is 18.2 Å². The Balaban J connectivity index is 1.45. The molecule has 0 aliphatic rings. The average Bonchev–Trinajstić information content (AvgIpc) is 3.07. The van der Waals surface area contributed by atoms with Gasteiger partial charge in [-0.25, -0.2) is 0 Å². The van der Waals surface area contributed by atoms with Crippen molar-refractivity contribution in [1.82, 2.24) is 5.32 Å². The maximum atomic E-state index is 13.5. The van der Waals surface area contributed by atoms with E-state index in [2.05, 4.69) is 16.0 Å². The number of nitrogens with one attached hydrogen (secondary N) is 3. The Morgan fingerprint density at radius 2 is 1.36 bits per heavy atom. The normalized spacial score (nSPS) is 10.8. The van der Waals surface area contributed by atoms with Crippen molar-refractivity contribution in [3.05, 3.63) is 108 Å². The summed E-state index contributed by atoms with van der Waals surface area (Å²) < 4.78 is 21.3. The highest BCUT2D eigenvalue weighted by molar-refractivity contribution is 8.00. The minimum absolute atomic E-state index is 0.000276. The van der Waals surface area contributed by atoms with Crippen LogP contribution in [0.15, 0.2) is 102 Å². The van der Waals surface area contributed by atoms with Gasteiger partial charge in [0.2, 0.25) is 5.91 Å². The van der Waals surface area contributed by atoms with E-state index in [0.717, 1.165) is 4.90 Å². The molecule has 11 heteroatoms. The van der Waals surface area contributed by atoms with Gasteiger partial charge in [-0.3, -0.25) is 14.4 Å². The molecule has 4 aromatic rings. The van der Waals surface area contributed by atoms with Crippen molar-refractivity contribution in [2.24, 2.45) is 0 Å². The summed E-state index contributed by atoms with van der Waals surface area (Å²) in [4.78, 5) is 39.8. The number of benzene rings is 4. The zero-order chi connectivity index (χ0) is 32.2. The number of carbonyl (C=O) groups is 3. The van der Waals surface area contributed by atoms with Crippen LogP contribution in [0.4, 0.5) is 11.4 Å². The van der Waals surface area contributed by atoms with Crippen molar-refractivity contribution in [1.29, 1.82) is 0 Å². The molecule has 3 amide bonds. The highest BCUT2D eigenvalue weighted by Crippen LogP contribution is 2.28. The van der Waals surface area contributed by atoms with Crippen LogP contribution >= 0.6 is 11.8 Å². The molecule has 10 nitrogen and oxygen atoms in total. The van der Waals surface area contributed by atoms with Gasteiger partial charge < -0.3 is 34.9 Å². The second-order valence-electron chi connectivity index (χ2n) is 9.40. The number of anilines is 2. The fraction of sp³-hybridized carbons (Fsp3) is 0.147. The Hall–Kier alpha value is -5.42. The predicted octanol–water partition coefficient (Wildman–Crippen LogP) is 5.86. The molecule has 4 aromatic carbocycles. The van der Waals surface area contributed by atoms with Crippen molar-refractivity contribution in [2.45, 2.75) is 4.90 Å². The maximum Gasteiger partial charge on any atom is 0.272 e. The molecule has 4 rings (SSSR count). The van der Waals surface area contributed by atoms with Gasteiger partial charge in [-0.15, -0.1) is 11.8 Å². The Morgan fingerprint density at radius 3 is 1.98 bits per heavy atom. The van der Waals surface area contributed by atoms with Crippen molar-refractivity contribution in [3.63, 3.8) is 0 Å². The van der Waals surface area contributed by atoms with E-state index in [-0.39, 0.29) is 17.4 Å². The lowest BCUT2D eigenvalue weighted by Crippen LogP contribution is -2.30. The van der Waals surface area contributed by atoms with E-state index in [0.29, 0.717) is 45.5 Å². The third kappa shape index (κ3) is 9.28. The molecule has 0 atom stereocenters. The number of hydrogen-bond donors (Lipinski definition) is 3. The Labute approximate surface area is 265 Å². The highest BCUT2D eigenvalue weighted by atomic mass is 32.2. The van der Waals surface area contributed by atoms with Crippen LogP contribution in [0.2, 0.25) is 0 Å². The van der Waals surface area contributed by atoms with Gasteiger partial charge in [-0.05, 0) is 60.7 Å². The molecule has 0 heterocycles. The van der Waals surface area contributed by atoms with Crippen LogP contribution in [-0.2, 0) is 9.59 Å². The molecule has 3 N–H and O–H groups in total. The Bertz CT molecular complexity index is 1650. The van der Waals surface area contributed by atoms with Crippen molar-refractivity contribution in [2.75, 3.05) is 44.8 Å². The molecule has 0 aliphatic carbocycles. The molecule has 0 radical (unpaired) electrons. The largest absolute Gasteiger partial charge is 0.497 e. The third-order valence-electron chi connectivity index (χ3n) is 6.38. The van der Waals surface area contributed by atoms with Crippen LogP contribution in [0, 0.1) is 0 Å². The minimum atomic E-state index is -0.544.